The summed E-state index contributed by atoms with van der Waals surface area (Å²) in [5.41, 5.74) is 0.326. The Labute approximate surface area is 156 Å². The molecule has 0 aliphatic heterocycles. The van der Waals surface area contributed by atoms with Crippen molar-refractivity contribution >= 4 is 17.5 Å². The van der Waals surface area contributed by atoms with Crippen LogP contribution in [0.25, 0.3) is 0 Å². The lowest BCUT2D eigenvalue weighted by molar-refractivity contribution is -0.123. The fraction of sp³-hybridized carbons (Fsp3) is 0.250. The van der Waals surface area contributed by atoms with Crippen LogP contribution >= 0.6 is 0 Å². The lowest BCUT2D eigenvalue weighted by Crippen LogP contribution is -2.33. The van der Waals surface area contributed by atoms with Gasteiger partial charge in [0.05, 0.1) is 26.9 Å². The second kappa shape index (κ2) is 8.84. The van der Waals surface area contributed by atoms with E-state index in [0.29, 0.717) is 5.75 Å². The summed E-state index contributed by atoms with van der Waals surface area (Å²) in [4.78, 5) is 37.0. The Bertz CT molecular complexity index is 818. The summed E-state index contributed by atoms with van der Waals surface area (Å²) in [7, 11) is 4.25. The van der Waals surface area contributed by atoms with E-state index in [4.69, 9.17) is 18.9 Å². The third-order valence-electron chi connectivity index (χ3n) is 3.79. The van der Waals surface area contributed by atoms with E-state index in [2.05, 4.69) is 0 Å². The number of esters is 1. The summed E-state index contributed by atoms with van der Waals surface area (Å²) in [6.45, 7) is 1.19. The summed E-state index contributed by atoms with van der Waals surface area (Å²) < 4.78 is 20.8. The Balaban J connectivity index is 2.33. The molecule has 0 spiro atoms. The minimum Gasteiger partial charge on any atom is -0.493 e. The van der Waals surface area contributed by atoms with Gasteiger partial charge in [-0.15, -0.1) is 0 Å². The first-order valence-corrected chi connectivity index (χ1v) is 8.03. The van der Waals surface area contributed by atoms with Gasteiger partial charge < -0.3 is 18.9 Å². The van der Waals surface area contributed by atoms with Crippen molar-refractivity contribution in [3.8, 4) is 17.2 Å². The largest absolute Gasteiger partial charge is 0.493 e. The van der Waals surface area contributed by atoms with E-state index < -0.39 is 23.6 Å². The van der Waals surface area contributed by atoms with E-state index >= 15 is 0 Å². The predicted molar refractivity (Wildman–Crippen MR) is 96.8 cm³/mol. The Morgan fingerprint density at radius 1 is 0.815 bits per heavy atom. The molecular weight excluding hydrogens is 352 g/mol. The highest BCUT2D eigenvalue weighted by atomic mass is 16.6. The number of benzene rings is 2. The highest BCUT2D eigenvalue weighted by Crippen LogP contribution is 2.38. The fourth-order valence-corrected chi connectivity index (χ4v) is 2.45. The van der Waals surface area contributed by atoms with E-state index in [1.165, 1.54) is 40.4 Å². The van der Waals surface area contributed by atoms with Crippen LogP contribution in [-0.2, 0) is 9.53 Å². The quantitative estimate of drug-likeness (QED) is 0.400. The van der Waals surface area contributed by atoms with Crippen LogP contribution in [0.4, 0.5) is 0 Å². The van der Waals surface area contributed by atoms with E-state index in [0.717, 1.165) is 0 Å². The van der Waals surface area contributed by atoms with Crippen molar-refractivity contribution in [1.29, 1.82) is 0 Å². The van der Waals surface area contributed by atoms with Crippen molar-refractivity contribution in [2.75, 3.05) is 21.3 Å². The Kier molecular flexibility index (Phi) is 6.54. The van der Waals surface area contributed by atoms with Gasteiger partial charge in [0.2, 0.25) is 17.6 Å². The van der Waals surface area contributed by atoms with Crippen molar-refractivity contribution in [2.45, 2.75) is 13.0 Å². The molecule has 0 saturated heterocycles. The van der Waals surface area contributed by atoms with Gasteiger partial charge in [-0.05, 0) is 19.1 Å². The van der Waals surface area contributed by atoms with E-state index in [-0.39, 0.29) is 22.6 Å². The first-order chi connectivity index (χ1) is 12.9. The van der Waals surface area contributed by atoms with Crippen LogP contribution in [0.3, 0.4) is 0 Å². The normalized spacial score (nSPS) is 11.3. The van der Waals surface area contributed by atoms with Crippen LogP contribution in [-0.4, -0.2) is 45.0 Å². The van der Waals surface area contributed by atoms with Gasteiger partial charge in [0, 0.05) is 5.56 Å². The average molecular weight is 372 g/mol. The van der Waals surface area contributed by atoms with E-state index in [9.17, 15) is 14.4 Å². The second-order valence-electron chi connectivity index (χ2n) is 5.54. The fourth-order valence-electron chi connectivity index (χ4n) is 2.45. The molecule has 1 unspecified atom stereocenters. The van der Waals surface area contributed by atoms with Gasteiger partial charge >= 0.3 is 5.97 Å². The van der Waals surface area contributed by atoms with Gasteiger partial charge in [0.15, 0.2) is 17.3 Å². The molecule has 0 bridgehead atoms. The topological polar surface area (TPSA) is 88.1 Å². The Morgan fingerprint density at radius 3 is 1.81 bits per heavy atom. The van der Waals surface area contributed by atoms with Crippen molar-refractivity contribution in [1.82, 2.24) is 0 Å². The number of carbonyl (C=O) groups excluding carboxylic acids is 3. The van der Waals surface area contributed by atoms with Crippen LogP contribution < -0.4 is 14.2 Å². The molecular formula is C20H20O7. The Morgan fingerprint density at radius 2 is 1.37 bits per heavy atom. The lowest BCUT2D eigenvalue weighted by atomic mass is 10.0. The highest BCUT2D eigenvalue weighted by molar-refractivity contribution is 6.14. The summed E-state index contributed by atoms with van der Waals surface area (Å²) >= 11 is 0. The number of rotatable bonds is 8. The number of hydrogen-bond acceptors (Lipinski definition) is 7. The number of carbonyl (C=O) groups is 3. The Hall–Kier alpha value is -3.35. The van der Waals surface area contributed by atoms with Crippen LogP contribution in [0.1, 0.15) is 27.6 Å². The molecule has 0 aromatic heterocycles. The molecule has 2 aromatic carbocycles. The van der Waals surface area contributed by atoms with Gasteiger partial charge in [-0.2, -0.15) is 0 Å². The van der Waals surface area contributed by atoms with Crippen molar-refractivity contribution in [3.63, 3.8) is 0 Å². The molecule has 0 heterocycles. The summed E-state index contributed by atoms with van der Waals surface area (Å²) in [5.74, 6) is -1.23. The molecule has 7 heteroatoms. The molecule has 1 atom stereocenters. The molecule has 2 aromatic rings. The zero-order valence-corrected chi connectivity index (χ0v) is 15.5. The molecule has 0 saturated carbocycles. The van der Waals surface area contributed by atoms with Crippen LogP contribution in [0, 0.1) is 0 Å². The number of ketones is 2. The molecule has 27 heavy (non-hydrogen) atoms. The lowest BCUT2D eigenvalue weighted by Gasteiger charge is -2.16. The molecule has 0 fully saturated rings. The first-order valence-electron chi connectivity index (χ1n) is 8.03. The van der Waals surface area contributed by atoms with Gasteiger partial charge in [0.25, 0.3) is 0 Å². The maximum absolute atomic E-state index is 12.6. The number of Topliss-reactive ketones (excluding diaryl/α,β-unsaturated/α-hetero) is 2. The molecule has 0 amide bonds. The van der Waals surface area contributed by atoms with E-state index in [1.807, 2.05) is 0 Å². The van der Waals surface area contributed by atoms with Crippen molar-refractivity contribution < 1.29 is 33.3 Å². The van der Waals surface area contributed by atoms with Crippen LogP contribution in [0.2, 0.25) is 0 Å². The zero-order valence-electron chi connectivity index (χ0n) is 15.5. The molecule has 0 N–H and O–H groups in total. The third kappa shape index (κ3) is 4.44. The predicted octanol–water partition coefficient (Wildman–Crippen LogP) is 2.71. The smallest absolute Gasteiger partial charge is 0.339 e. The highest BCUT2D eigenvalue weighted by Gasteiger charge is 2.30. The maximum atomic E-state index is 12.6. The molecule has 0 aliphatic rings. The molecule has 142 valence electrons. The van der Waals surface area contributed by atoms with Crippen LogP contribution in [0.15, 0.2) is 42.5 Å². The van der Waals surface area contributed by atoms with Crippen molar-refractivity contribution in [2.24, 2.45) is 0 Å². The molecule has 2 rings (SSSR count). The second-order valence-corrected chi connectivity index (χ2v) is 5.54. The minimum atomic E-state index is -1.54. The van der Waals surface area contributed by atoms with Crippen LogP contribution in [0.5, 0.6) is 17.2 Å². The van der Waals surface area contributed by atoms with E-state index in [1.54, 1.807) is 30.3 Å². The first kappa shape index (κ1) is 20.0. The molecule has 7 nitrogen and oxygen atoms in total. The molecule has 0 radical (unpaired) electrons. The van der Waals surface area contributed by atoms with Gasteiger partial charge in [-0.25, -0.2) is 4.79 Å². The maximum Gasteiger partial charge on any atom is 0.339 e. The minimum absolute atomic E-state index is 0.0524. The summed E-state index contributed by atoms with van der Waals surface area (Å²) in [5, 5.41) is 0. The SMILES string of the molecule is COc1cc(C(=O)OC(C(C)=O)C(=O)c2ccccc2)cc(OC)c1OC. The summed E-state index contributed by atoms with van der Waals surface area (Å²) in [6, 6.07) is 10.9. The number of ether oxygens (including phenoxy) is 4. The number of hydrogen-bond donors (Lipinski definition) is 0. The van der Waals surface area contributed by atoms with Crippen molar-refractivity contribution in [3.05, 3.63) is 53.6 Å². The summed E-state index contributed by atoms with van der Waals surface area (Å²) in [6.07, 6.45) is -1.54. The monoisotopic (exact) mass is 372 g/mol. The number of methoxy groups -OCH3 is 3. The van der Waals surface area contributed by atoms with Gasteiger partial charge in [0.1, 0.15) is 0 Å². The van der Waals surface area contributed by atoms with Gasteiger partial charge in [-0.1, -0.05) is 30.3 Å². The zero-order chi connectivity index (χ0) is 20.0. The molecule has 0 aliphatic carbocycles. The van der Waals surface area contributed by atoms with Gasteiger partial charge in [-0.3, -0.25) is 9.59 Å². The third-order valence-corrected chi connectivity index (χ3v) is 3.79. The standard InChI is InChI=1S/C20H20O7/c1-12(21)18(17(22)13-8-6-5-7-9-13)27-20(23)14-10-15(24-2)19(26-4)16(11-14)25-3/h5-11,18H,1-4H3. The average Bonchev–Trinajstić information content (AvgIpc) is 2.70.